The van der Waals surface area contributed by atoms with E-state index in [-0.39, 0.29) is 62.3 Å². The van der Waals surface area contributed by atoms with Crippen LogP contribution in [0.1, 0.15) is 81.6 Å². The zero-order chi connectivity index (χ0) is 18.7. The fraction of sp³-hybridized carbons (Fsp3) is 0.682. The molecule has 1 rings (SSSR count). The molecule has 0 saturated carbocycles. The Bertz CT molecular complexity index is 287. The van der Waals surface area contributed by atoms with Crippen molar-refractivity contribution in [1.82, 2.24) is 0 Å². The summed E-state index contributed by atoms with van der Waals surface area (Å²) in [6.07, 6.45) is 5.42. The van der Waals surface area contributed by atoms with Crippen molar-refractivity contribution in [2.45, 2.75) is 81.6 Å². The quantitative estimate of drug-likeness (QED) is 0.584. The summed E-state index contributed by atoms with van der Waals surface area (Å²) in [6.45, 7) is 19.0. The second-order valence-electron chi connectivity index (χ2n) is 7.10. The first-order chi connectivity index (χ1) is 10.7. The van der Waals surface area contributed by atoms with Crippen LogP contribution < -0.4 is 51.4 Å². The predicted molar refractivity (Wildman–Crippen MR) is 108 cm³/mol. The van der Waals surface area contributed by atoms with Gasteiger partial charge in [0.1, 0.15) is 0 Å². The van der Waals surface area contributed by atoms with Gasteiger partial charge in [0.25, 0.3) is 0 Å². The van der Waals surface area contributed by atoms with Crippen LogP contribution in [-0.4, -0.2) is 11.8 Å². The van der Waals surface area contributed by atoms with Gasteiger partial charge in [-0.15, -0.1) is 5.41 Å². The van der Waals surface area contributed by atoms with E-state index in [9.17, 15) is 4.79 Å². The van der Waals surface area contributed by atoms with E-state index in [2.05, 4.69) is 41.5 Å². The van der Waals surface area contributed by atoms with Crippen molar-refractivity contribution in [2.24, 2.45) is 17.3 Å². The van der Waals surface area contributed by atoms with Gasteiger partial charge in [0.15, 0.2) is 0 Å². The summed E-state index contributed by atoms with van der Waals surface area (Å²) in [5.41, 5.74) is -0.222. The third kappa shape index (κ3) is 45.6. The van der Waals surface area contributed by atoms with E-state index in [4.69, 9.17) is 0 Å². The molecule has 1 N–H and O–H groups in total. The van der Waals surface area contributed by atoms with Gasteiger partial charge in [0.05, 0.1) is 0 Å². The molecule has 144 valence electrons. The van der Waals surface area contributed by atoms with Gasteiger partial charge in [-0.2, -0.15) is 0 Å². The number of carbonyl (C=O) groups excluding carboxylic acids is 1. The van der Waals surface area contributed by atoms with E-state index >= 15 is 0 Å². The summed E-state index contributed by atoms with van der Waals surface area (Å²) in [5, 5.41) is 0. The van der Waals surface area contributed by atoms with Crippen LogP contribution in [0.4, 0.5) is 0 Å². The van der Waals surface area contributed by atoms with E-state index in [1.54, 1.807) is 0 Å². The maximum absolute atomic E-state index is 9.93. The largest absolute Gasteiger partial charge is 1.00 e. The molecule has 0 bridgehead atoms. The SMILES string of the molecule is CCC(C)(C)[C-]=O.CCC(C)C.CCC(C)C.[K+].[OH-].c1ccccc1. The Labute approximate surface area is 201 Å². The van der Waals surface area contributed by atoms with E-state index in [1.807, 2.05) is 63.5 Å². The molecule has 0 atom stereocenters. The molecular formula is C22H42KO2-. The first kappa shape index (κ1) is 36.4. The molecule has 0 spiro atoms. The van der Waals surface area contributed by atoms with Crippen molar-refractivity contribution >= 4 is 6.29 Å². The molecule has 1 aromatic carbocycles. The molecule has 0 saturated heterocycles. The molecule has 3 heteroatoms. The molecule has 0 heterocycles. The van der Waals surface area contributed by atoms with Crippen LogP contribution in [0.5, 0.6) is 0 Å². The average Bonchev–Trinajstić information content (AvgIpc) is 2.58. The van der Waals surface area contributed by atoms with Gasteiger partial charge >= 0.3 is 51.4 Å². The van der Waals surface area contributed by atoms with Crippen molar-refractivity contribution in [3.8, 4) is 0 Å². The topological polar surface area (TPSA) is 47.1 Å². The minimum absolute atomic E-state index is 0. The van der Waals surface area contributed by atoms with Crippen LogP contribution in [0.2, 0.25) is 0 Å². The average molecular weight is 378 g/mol. The van der Waals surface area contributed by atoms with Gasteiger partial charge < -0.3 is 10.3 Å². The van der Waals surface area contributed by atoms with Crippen molar-refractivity contribution in [1.29, 1.82) is 0 Å². The molecule has 0 fully saturated rings. The minimum atomic E-state index is -0.222. The van der Waals surface area contributed by atoms with Crippen LogP contribution in [0.3, 0.4) is 0 Å². The Balaban J connectivity index is -0.0000000699. The van der Waals surface area contributed by atoms with E-state index in [0.717, 1.165) is 18.3 Å². The maximum Gasteiger partial charge on any atom is 1.00 e. The Morgan fingerprint density at radius 1 is 0.760 bits per heavy atom. The number of hydrogen-bond acceptors (Lipinski definition) is 2. The van der Waals surface area contributed by atoms with Crippen LogP contribution >= 0.6 is 0 Å². The minimum Gasteiger partial charge on any atom is -0.870 e. The summed E-state index contributed by atoms with van der Waals surface area (Å²) in [6, 6.07) is 12.0. The van der Waals surface area contributed by atoms with E-state index in [1.165, 1.54) is 12.8 Å². The molecule has 0 radical (unpaired) electrons. The normalized spacial score (nSPS) is 8.92. The van der Waals surface area contributed by atoms with Crippen LogP contribution in [-0.2, 0) is 4.79 Å². The number of hydrogen-bond donors (Lipinski definition) is 0. The summed E-state index contributed by atoms with van der Waals surface area (Å²) in [5.74, 6) is 1.77. The van der Waals surface area contributed by atoms with Gasteiger partial charge in [-0.1, -0.05) is 118 Å². The van der Waals surface area contributed by atoms with Gasteiger partial charge in [0, 0.05) is 0 Å². The first-order valence-electron chi connectivity index (χ1n) is 9.05. The van der Waals surface area contributed by atoms with Crippen LogP contribution in [0.25, 0.3) is 0 Å². The van der Waals surface area contributed by atoms with Crippen LogP contribution in [0.15, 0.2) is 36.4 Å². The third-order valence-corrected chi connectivity index (χ3v) is 3.46. The molecule has 1 aromatic rings. The van der Waals surface area contributed by atoms with Crippen molar-refractivity contribution in [3.05, 3.63) is 36.4 Å². The van der Waals surface area contributed by atoms with E-state index in [0.29, 0.717) is 0 Å². The smallest absolute Gasteiger partial charge is 0.870 e. The molecule has 2 nitrogen and oxygen atoms in total. The Morgan fingerprint density at radius 3 is 1.00 bits per heavy atom. The molecule has 0 aliphatic rings. The van der Waals surface area contributed by atoms with Gasteiger partial charge in [-0.25, -0.2) is 0 Å². The molecule has 0 aliphatic carbocycles. The molecule has 0 unspecified atom stereocenters. The Hall–Kier alpha value is 0.486. The fourth-order valence-corrected chi connectivity index (χ4v) is 0.457. The zero-order valence-corrected chi connectivity index (χ0v) is 21.7. The van der Waals surface area contributed by atoms with Gasteiger partial charge in [-0.05, 0) is 11.8 Å². The summed E-state index contributed by atoms with van der Waals surface area (Å²) in [4.78, 5) is 9.93. The van der Waals surface area contributed by atoms with Crippen LogP contribution in [0, 0.1) is 17.3 Å². The monoisotopic (exact) mass is 377 g/mol. The zero-order valence-electron chi connectivity index (χ0n) is 18.6. The molecule has 0 aliphatic heterocycles. The Morgan fingerprint density at radius 2 is 0.960 bits per heavy atom. The predicted octanol–water partition coefficient (Wildman–Crippen LogP) is 4.15. The second kappa shape index (κ2) is 26.7. The standard InChI is InChI=1S/C6H11O.C6H6.2C5H12.K.H2O/c1-4-6(2,3)5-7;1-2-4-6-5-3-1;2*1-4-5(2)3;;/h4H2,1-3H3;1-6H;2*5H,4H2,1-3H3;;1H2/q-1;;;;+1;/p-1. The van der Waals surface area contributed by atoms with Gasteiger partial charge in [0.2, 0.25) is 0 Å². The summed E-state index contributed by atoms with van der Waals surface area (Å²) >= 11 is 0. The van der Waals surface area contributed by atoms with Crippen molar-refractivity contribution < 1.29 is 61.7 Å². The number of benzene rings is 1. The van der Waals surface area contributed by atoms with E-state index < -0.39 is 0 Å². The second-order valence-corrected chi connectivity index (χ2v) is 7.10. The van der Waals surface area contributed by atoms with Crippen molar-refractivity contribution in [3.63, 3.8) is 0 Å². The maximum atomic E-state index is 9.93. The molecular weight excluding hydrogens is 335 g/mol. The third-order valence-electron chi connectivity index (χ3n) is 3.46. The summed E-state index contributed by atoms with van der Waals surface area (Å²) in [7, 11) is 0. The van der Waals surface area contributed by atoms with Gasteiger partial charge in [-0.3, -0.25) is 6.29 Å². The number of rotatable bonds is 4. The molecule has 0 aromatic heterocycles. The van der Waals surface area contributed by atoms with Crippen molar-refractivity contribution in [2.75, 3.05) is 0 Å². The summed E-state index contributed by atoms with van der Waals surface area (Å²) < 4.78 is 0. The fourth-order valence-electron chi connectivity index (χ4n) is 0.457. The molecule has 0 amide bonds. The molecule has 25 heavy (non-hydrogen) atoms. The first-order valence-corrected chi connectivity index (χ1v) is 9.05. The Kier molecular flexibility index (Phi) is 38.9.